The molecule has 0 spiro atoms. The molecule has 1 aliphatic rings. The summed E-state index contributed by atoms with van der Waals surface area (Å²) in [5.41, 5.74) is 3.05. The lowest BCUT2D eigenvalue weighted by Crippen LogP contribution is -2.46. The van der Waals surface area contributed by atoms with Crippen LogP contribution in [0.2, 0.25) is 0 Å². The molecule has 36 heavy (non-hydrogen) atoms. The second-order valence-electron chi connectivity index (χ2n) is 9.15. The van der Waals surface area contributed by atoms with Crippen LogP contribution < -0.4 is 15.4 Å². The smallest absolute Gasteiger partial charge is 0.406 e. The van der Waals surface area contributed by atoms with E-state index in [2.05, 4.69) is 22.5 Å². The molecule has 5 nitrogen and oxygen atoms in total. The van der Waals surface area contributed by atoms with Gasteiger partial charge in [-0.25, -0.2) is 4.39 Å². The van der Waals surface area contributed by atoms with Gasteiger partial charge < -0.3 is 24.8 Å². The van der Waals surface area contributed by atoms with E-state index in [9.17, 15) is 17.6 Å². The highest BCUT2D eigenvalue weighted by Crippen LogP contribution is 2.31. The van der Waals surface area contributed by atoms with Crippen molar-refractivity contribution in [3.63, 3.8) is 0 Å². The number of ether oxygens (including phenoxy) is 1. The minimum atomic E-state index is -4.42. The molecule has 4 rings (SSSR count). The predicted octanol–water partition coefficient (Wildman–Crippen LogP) is 5.44. The molecule has 0 radical (unpaired) electrons. The molecule has 1 aliphatic heterocycles. The van der Waals surface area contributed by atoms with Gasteiger partial charge in [-0.2, -0.15) is 13.2 Å². The summed E-state index contributed by atoms with van der Waals surface area (Å²) >= 11 is 0. The fourth-order valence-corrected chi connectivity index (χ4v) is 4.50. The molecular weight excluding hydrogens is 472 g/mol. The van der Waals surface area contributed by atoms with Crippen LogP contribution in [0.5, 0.6) is 5.75 Å². The number of hydrogen-bond acceptors (Lipinski definition) is 4. The van der Waals surface area contributed by atoms with Crippen molar-refractivity contribution in [1.82, 2.24) is 9.47 Å². The Morgan fingerprint density at radius 1 is 1.14 bits per heavy atom. The van der Waals surface area contributed by atoms with Crippen LogP contribution in [-0.4, -0.2) is 61.6 Å². The molecule has 2 atom stereocenters. The number of anilines is 2. The molecular formula is C27H30F4N4O. The fraction of sp³-hybridized carbons (Fsp3) is 0.407. The highest BCUT2D eigenvalue weighted by Gasteiger charge is 2.31. The lowest BCUT2D eigenvalue weighted by molar-refractivity contribution is -0.140. The number of benzene rings is 2. The highest BCUT2D eigenvalue weighted by atomic mass is 19.4. The van der Waals surface area contributed by atoms with Crippen molar-refractivity contribution >= 4 is 22.3 Å². The SMILES string of the molecule is COc1cc(C)ccc1NCC#Cc1cc2c(NC3CCN(C)CC3F)cccc2n1CC(F)(F)F. The zero-order valence-electron chi connectivity index (χ0n) is 20.5. The van der Waals surface area contributed by atoms with E-state index in [0.717, 1.165) is 17.8 Å². The lowest BCUT2D eigenvalue weighted by atomic mass is 10.0. The number of aryl methyl sites for hydroxylation is 1. The Labute approximate surface area is 208 Å². The molecule has 2 unspecified atom stereocenters. The van der Waals surface area contributed by atoms with Gasteiger partial charge >= 0.3 is 6.18 Å². The first-order valence-corrected chi connectivity index (χ1v) is 11.8. The summed E-state index contributed by atoms with van der Waals surface area (Å²) in [7, 11) is 3.44. The van der Waals surface area contributed by atoms with Crippen LogP contribution in [0.4, 0.5) is 28.9 Å². The van der Waals surface area contributed by atoms with Crippen molar-refractivity contribution in [3.05, 3.63) is 53.7 Å². The maximum atomic E-state index is 14.6. The topological polar surface area (TPSA) is 41.5 Å². The molecule has 192 valence electrons. The van der Waals surface area contributed by atoms with Crippen LogP contribution in [0.3, 0.4) is 0 Å². The third-order valence-corrected chi connectivity index (χ3v) is 6.31. The molecule has 0 aliphatic carbocycles. The monoisotopic (exact) mass is 502 g/mol. The van der Waals surface area contributed by atoms with Gasteiger partial charge in [-0.1, -0.05) is 18.1 Å². The standard InChI is InChI=1S/C27H30F4N4O/c1-18-9-10-24(26(14-18)36-3)32-12-5-6-19-15-20-22(33-23-11-13-34(2)16-21(23)28)7-4-8-25(20)35(19)17-27(29,30)31/h4,7-10,14-15,21,23,32-33H,11-13,16-17H2,1-3H3. The van der Waals surface area contributed by atoms with Gasteiger partial charge in [-0.3, -0.25) is 0 Å². The Kier molecular flexibility index (Phi) is 7.65. The van der Waals surface area contributed by atoms with Crippen molar-refractivity contribution in [2.45, 2.75) is 38.3 Å². The van der Waals surface area contributed by atoms with Crippen LogP contribution in [0, 0.1) is 18.8 Å². The van der Waals surface area contributed by atoms with Gasteiger partial charge in [0.2, 0.25) is 0 Å². The molecule has 1 saturated heterocycles. The van der Waals surface area contributed by atoms with Crippen LogP contribution in [-0.2, 0) is 6.54 Å². The Balaban J connectivity index is 1.61. The number of piperidine rings is 1. The van der Waals surface area contributed by atoms with Crippen molar-refractivity contribution in [1.29, 1.82) is 0 Å². The zero-order valence-corrected chi connectivity index (χ0v) is 20.5. The van der Waals surface area contributed by atoms with Crippen molar-refractivity contribution in [2.24, 2.45) is 0 Å². The summed E-state index contributed by atoms with van der Waals surface area (Å²) in [5, 5.41) is 6.97. The van der Waals surface area contributed by atoms with Crippen LogP contribution in [0.25, 0.3) is 10.9 Å². The van der Waals surface area contributed by atoms with E-state index in [-0.39, 0.29) is 12.2 Å². The second-order valence-corrected chi connectivity index (χ2v) is 9.15. The van der Waals surface area contributed by atoms with E-state index in [1.54, 1.807) is 31.4 Å². The number of hydrogen-bond donors (Lipinski definition) is 2. The Morgan fingerprint density at radius 2 is 1.94 bits per heavy atom. The van der Waals surface area contributed by atoms with Crippen molar-refractivity contribution in [2.75, 3.05) is 44.4 Å². The maximum Gasteiger partial charge on any atom is 0.406 e. The van der Waals surface area contributed by atoms with Gasteiger partial charge in [0.15, 0.2) is 0 Å². The molecule has 2 N–H and O–H groups in total. The van der Waals surface area contributed by atoms with Crippen molar-refractivity contribution in [3.8, 4) is 17.6 Å². The number of nitrogens with zero attached hydrogens (tertiary/aromatic N) is 2. The van der Waals surface area contributed by atoms with Gasteiger partial charge in [0.05, 0.1) is 36.6 Å². The van der Waals surface area contributed by atoms with Crippen LogP contribution in [0.1, 0.15) is 17.7 Å². The summed E-state index contributed by atoms with van der Waals surface area (Å²) in [6, 6.07) is 12.0. The normalized spacial score (nSPS) is 18.5. The molecule has 2 aromatic carbocycles. The lowest BCUT2D eigenvalue weighted by Gasteiger charge is -2.33. The number of halogens is 4. The summed E-state index contributed by atoms with van der Waals surface area (Å²) < 4.78 is 61.5. The Morgan fingerprint density at radius 3 is 2.67 bits per heavy atom. The predicted molar refractivity (Wildman–Crippen MR) is 136 cm³/mol. The number of rotatable bonds is 6. The van der Waals surface area contributed by atoms with E-state index < -0.39 is 24.9 Å². The Bertz CT molecular complexity index is 1270. The Hall–Kier alpha value is -3.38. The molecule has 0 bridgehead atoms. The molecule has 1 aromatic heterocycles. The molecule has 0 saturated carbocycles. The largest absolute Gasteiger partial charge is 0.495 e. The quantitative estimate of drug-likeness (QED) is 0.348. The minimum Gasteiger partial charge on any atom is -0.495 e. The van der Waals surface area contributed by atoms with Gasteiger partial charge in [-0.15, -0.1) is 0 Å². The average molecular weight is 503 g/mol. The average Bonchev–Trinajstić information content (AvgIpc) is 3.16. The first-order valence-electron chi connectivity index (χ1n) is 11.8. The van der Waals surface area contributed by atoms with Crippen LogP contribution >= 0.6 is 0 Å². The number of likely N-dealkylation sites (tertiary alicyclic amines) is 1. The molecule has 9 heteroatoms. The second kappa shape index (κ2) is 10.7. The molecule has 0 amide bonds. The van der Waals surface area contributed by atoms with Gasteiger partial charge in [0, 0.05) is 24.2 Å². The molecule has 3 aromatic rings. The number of methoxy groups -OCH3 is 1. The fourth-order valence-electron chi connectivity index (χ4n) is 4.50. The van der Waals surface area contributed by atoms with E-state index in [1.165, 1.54) is 4.57 Å². The third-order valence-electron chi connectivity index (χ3n) is 6.31. The maximum absolute atomic E-state index is 14.6. The van der Waals surface area contributed by atoms with Crippen molar-refractivity contribution < 1.29 is 22.3 Å². The van der Waals surface area contributed by atoms with E-state index in [4.69, 9.17) is 4.74 Å². The summed E-state index contributed by atoms with van der Waals surface area (Å²) in [4.78, 5) is 1.93. The van der Waals surface area contributed by atoms with E-state index in [0.29, 0.717) is 35.3 Å². The number of aromatic nitrogens is 1. The first-order chi connectivity index (χ1) is 17.1. The number of fused-ring (bicyclic) bond motifs is 1. The summed E-state index contributed by atoms with van der Waals surface area (Å²) in [5.74, 6) is 6.48. The minimum absolute atomic E-state index is 0.219. The first kappa shape index (κ1) is 25.7. The number of nitrogens with one attached hydrogen (secondary N) is 2. The highest BCUT2D eigenvalue weighted by molar-refractivity contribution is 5.94. The van der Waals surface area contributed by atoms with E-state index in [1.807, 2.05) is 37.1 Å². The van der Waals surface area contributed by atoms with Gasteiger partial charge in [0.25, 0.3) is 0 Å². The van der Waals surface area contributed by atoms with Gasteiger partial charge in [0.1, 0.15) is 18.5 Å². The number of alkyl halides is 4. The van der Waals surface area contributed by atoms with Crippen LogP contribution in [0.15, 0.2) is 42.5 Å². The van der Waals surface area contributed by atoms with E-state index >= 15 is 0 Å². The summed E-state index contributed by atoms with van der Waals surface area (Å²) in [6.07, 6.45) is -4.88. The van der Waals surface area contributed by atoms with Gasteiger partial charge in [-0.05, 0) is 62.2 Å². The zero-order chi connectivity index (χ0) is 25.9. The summed E-state index contributed by atoms with van der Waals surface area (Å²) in [6.45, 7) is 2.08. The molecule has 2 heterocycles. The molecule has 1 fully saturated rings. The third kappa shape index (κ3) is 6.05.